The minimum Gasteiger partial charge on any atom is -0.497 e. The highest BCUT2D eigenvalue weighted by atomic mass is 32.1. The summed E-state index contributed by atoms with van der Waals surface area (Å²) in [5, 5.41) is 5.65. The standard InChI is InChI=1S/C28H37N3O5S/c1-19(2)15-29-28(32)23-18-37-27(30-23)17-31(16-21-8-9-22(33-3)14-25(21)35-5)12-11-20-7-10-24(34-4)26(13-20)36-6/h7-10,13-14,18-19H,11-12,15-17H2,1-6H3,(H,29,32). The number of thiazole rings is 1. The van der Waals surface area contributed by atoms with E-state index < -0.39 is 0 Å². The van der Waals surface area contributed by atoms with Gasteiger partial charge in [-0.3, -0.25) is 9.69 Å². The van der Waals surface area contributed by atoms with Crippen LogP contribution in [0.25, 0.3) is 0 Å². The lowest BCUT2D eigenvalue weighted by Gasteiger charge is -2.23. The first-order chi connectivity index (χ1) is 17.9. The summed E-state index contributed by atoms with van der Waals surface area (Å²) in [6.07, 6.45) is 0.798. The number of ether oxygens (including phenoxy) is 4. The first-order valence-corrected chi connectivity index (χ1v) is 13.1. The third-order valence-electron chi connectivity index (χ3n) is 5.87. The van der Waals surface area contributed by atoms with E-state index in [9.17, 15) is 4.79 Å². The van der Waals surface area contributed by atoms with Crippen LogP contribution in [0.1, 0.15) is 40.5 Å². The molecule has 0 saturated carbocycles. The van der Waals surface area contributed by atoms with Gasteiger partial charge in [-0.2, -0.15) is 0 Å². The third kappa shape index (κ3) is 8.10. The Morgan fingerprint density at radius 2 is 1.70 bits per heavy atom. The number of benzene rings is 2. The normalized spacial score (nSPS) is 11.0. The molecule has 0 aliphatic carbocycles. The van der Waals surface area contributed by atoms with Crippen LogP contribution in [0.15, 0.2) is 41.8 Å². The van der Waals surface area contributed by atoms with Crippen molar-refractivity contribution in [3.63, 3.8) is 0 Å². The van der Waals surface area contributed by atoms with Gasteiger partial charge in [0.05, 0.1) is 35.0 Å². The van der Waals surface area contributed by atoms with Crippen LogP contribution in [0, 0.1) is 5.92 Å². The molecule has 1 aromatic heterocycles. The highest BCUT2D eigenvalue weighted by Gasteiger charge is 2.17. The molecule has 1 amide bonds. The Labute approximate surface area is 223 Å². The van der Waals surface area contributed by atoms with Crippen LogP contribution in [-0.4, -0.2) is 57.3 Å². The SMILES string of the molecule is COc1ccc(CN(CCc2ccc(OC)c(OC)c2)Cc2nc(C(=O)NCC(C)C)cs2)c(OC)c1. The molecule has 2 aromatic carbocycles. The molecule has 0 aliphatic rings. The molecule has 1 N–H and O–H groups in total. The molecule has 0 bridgehead atoms. The molecule has 3 rings (SSSR count). The number of carbonyl (C=O) groups is 1. The van der Waals surface area contributed by atoms with E-state index in [1.165, 1.54) is 11.3 Å². The Hall–Kier alpha value is -3.30. The van der Waals surface area contributed by atoms with E-state index in [4.69, 9.17) is 18.9 Å². The highest BCUT2D eigenvalue weighted by Crippen LogP contribution is 2.29. The number of nitrogens with one attached hydrogen (secondary N) is 1. The van der Waals surface area contributed by atoms with Gasteiger partial charge in [0.15, 0.2) is 11.5 Å². The number of hydrogen-bond donors (Lipinski definition) is 1. The molecule has 0 unspecified atom stereocenters. The van der Waals surface area contributed by atoms with E-state index in [0.29, 0.717) is 42.7 Å². The van der Waals surface area contributed by atoms with E-state index in [1.807, 2.05) is 41.8 Å². The molecule has 0 atom stereocenters. The van der Waals surface area contributed by atoms with Crippen molar-refractivity contribution < 1.29 is 23.7 Å². The quantitative estimate of drug-likeness (QED) is 0.322. The Kier molecular flexibility index (Phi) is 10.6. The fourth-order valence-electron chi connectivity index (χ4n) is 3.83. The van der Waals surface area contributed by atoms with Crippen molar-refractivity contribution in [2.24, 2.45) is 5.92 Å². The maximum absolute atomic E-state index is 12.5. The molecule has 0 aliphatic heterocycles. The molecule has 0 radical (unpaired) electrons. The summed E-state index contributed by atoms with van der Waals surface area (Å²) in [5.41, 5.74) is 2.64. The van der Waals surface area contributed by atoms with Gasteiger partial charge in [-0.05, 0) is 36.1 Å². The first-order valence-electron chi connectivity index (χ1n) is 12.2. The second-order valence-corrected chi connectivity index (χ2v) is 10.0. The van der Waals surface area contributed by atoms with Gasteiger partial charge in [0.1, 0.15) is 22.2 Å². The average Bonchev–Trinajstić information content (AvgIpc) is 3.38. The molecule has 8 nitrogen and oxygen atoms in total. The van der Waals surface area contributed by atoms with Gasteiger partial charge in [-0.25, -0.2) is 4.98 Å². The van der Waals surface area contributed by atoms with Crippen molar-refractivity contribution in [3.8, 4) is 23.0 Å². The minimum absolute atomic E-state index is 0.134. The Morgan fingerprint density at radius 1 is 0.946 bits per heavy atom. The molecule has 0 saturated heterocycles. The highest BCUT2D eigenvalue weighted by molar-refractivity contribution is 7.09. The zero-order chi connectivity index (χ0) is 26.8. The zero-order valence-corrected chi connectivity index (χ0v) is 23.3. The van der Waals surface area contributed by atoms with E-state index >= 15 is 0 Å². The molecule has 200 valence electrons. The van der Waals surface area contributed by atoms with Gasteiger partial charge in [0.25, 0.3) is 5.91 Å². The first kappa shape index (κ1) is 28.3. The van der Waals surface area contributed by atoms with Gasteiger partial charge in [-0.1, -0.05) is 26.0 Å². The Balaban J connectivity index is 1.79. The summed E-state index contributed by atoms with van der Waals surface area (Å²) in [7, 11) is 6.57. The lowest BCUT2D eigenvalue weighted by molar-refractivity contribution is 0.0944. The van der Waals surface area contributed by atoms with Gasteiger partial charge in [-0.15, -0.1) is 11.3 Å². The monoisotopic (exact) mass is 527 g/mol. The van der Waals surface area contributed by atoms with E-state index in [1.54, 1.807) is 28.4 Å². The summed E-state index contributed by atoms with van der Waals surface area (Å²) in [5.74, 6) is 3.17. The van der Waals surface area contributed by atoms with E-state index in [0.717, 1.165) is 40.6 Å². The molecular weight excluding hydrogens is 490 g/mol. The molecular formula is C28H37N3O5S. The second-order valence-electron chi connectivity index (χ2n) is 9.06. The van der Waals surface area contributed by atoms with Crippen molar-refractivity contribution >= 4 is 17.2 Å². The Bertz CT molecular complexity index is 1160. The average molecular weight is 528 g/mol. The maximum Gasteiger partial charge on any atom is 0.270 e. The molecule has 1 heterocycles. The fraction of sp³-hybridized carbons (Fsp3) is 0.429. The van der Waals surface area contributed by atoms with Crippen LogP contribution in [0.5, 0.6) is 23.0 Å². The number of nitrogens with zero attached hydrogens (tertiary/aromatic N) is 2. The third-order valence-corrected chi connectivity index (χ3v) is 6.70. The van der Waals surface area contributed by atoms with Crippen LogP contribution >= 0.6 is 11.3 Å². The number of methoxy groups -OCH3 is 4. The largest absolute Gasteiger partial charge is 0.497 e. The van der Waals surface area contributed by atoms with Gasteiger partial charge in [0, 0.05) is 36.6 Å². The molecule has 9 heteroatoms. The predicted molar refractivity (Wildman–Crippen MR) is 146 cm³/mol. The van der Waals surface area contributed by atoms with E-state index in [-0.39, 0.29) is 5.91 Å². The second kappa shape index (κ2) is 13.9. The lowest BCUT2D eigenvalue weighted by atomic mass is 10.1. The van der Waals surface area contributed by atoms with Crippen molar-refractivity contribution in [2.45, 2.75) is 33.4 Å². The van der Waals surface area contributed by atoms with Gasteiger partial charge in [0.2, 0.25) is 0 Å². The minimum atomic E-state index is -0.134. The fourth-order valence-corrected chi connectivity index (χ4v) is 4.64. The van der Waals surface area contributed by atoms with Crippen LogP contribution in [0.3, 0.4) is 0 Å². The van der Waals surface area contributed by atoms with E-state index in [2.05, 4.69) is 29.0 Å². The van der Waals surface area contributed by atoms with Crippen molar-refractivity contribution in [2.75, 3.05) is 41.5 Å². The smallest absolute Gasteiger partial charge is 0.270 e. The molecule has 37 heavy (non-hydrogen) atoms. The number of amides is 1. The molecule has 0 fully saturated rings. The number of rotatable bonds is 14. The van der Waals surface area contributed by atoms with Crippen LogP contribution < -0.4 is 24.3 Å². The Morgan fingerprint density at radius 3 is 2.38 bits per heavy atom. The number of aromatic nitrogens is 1. The maximum atomic E-state index is 12.5. The molecule has 3 aromatic rings. The van der Waals surface area contributed by atoms with Gasteiger partial charge >= 0.3 is 0 Å². The summed E-state index contributed by atoms with van der Waals surface area (Å²) < 4.78 is 21.8. The molecule has 0 spiro atoms. The summed E-state index contributed by atoms with van der Waals surface area (Å²) in [6.45, 7) is 6.77. The van der Waals surface area contributed by atoms with Crippen molar-refractivity contribution in [3.05, 3.63) is 63.6 Å². The summed E-state index contributed by atoms with van der Waals surface area (Å²) in [4.78, 5) is 19.4. The van der Waals surface area contributed by atoms with Crippen LogP contribution in [0.4, 0.5) is 0 Å². The topological polar surface area (TPSA) is 82.2 Å². The van der Waals surface area contributed by atoms with Crippen molar-refractivity contribution in [1.29, 1.82) is 0 Å². The number of hydrogen-bond acceptors (Lipinski definition) is 8. The summed E-state index contributed by atoms with van der Waals surface area (Å²) in [6, 6.07) is 11.8. The van der Waals surface area contributed by atoms with Crippen LogP contribution in [0.2, 0.25) is 0 Å². The van der Waals surface area contributed by atoms with Gasteiger partial charge < -0.3 is 24.3 Å². The predicted octanol–water partition coefficient (Wildman–Crippen LogP) is 4.81. The van der Waals surface area contributed by atoms with Crippen molar-refractivity contribution in [1.82, 2.24) is 15.2 Å². The zero-order valence-electron chi connectivity index (χ0n) is 22.5. The number of carbonyl (C=O) groups excluding carboxylic acids is 1. The lowest BCUT2D eigenvalue weighted by Crippen LogP contribution is -2.28. The summed E-state index contributed by atoms with van der Waals surface area (Å²) >= 11 is 1.50. The van der Waals surface area contributed by atoms with Crippen LogP contribution in [-0.2, 0) is 19.5 Å².